The summed E-state index contributed by atoms with van der Waals surface area (Å²) in [6.07, 6.45) is 8.23. The fourth-order valence-corrected chi connectivity index (χ4v) is 5.29. The summed E-state index contributed by atoms with van der Waals surface area (Å²) in [7, 11) is -1.06. The number of rotatable bonds is 7. The van der Waals surface area contributed by atoms with Crippen LogP contribution >= 0.6 is 0 Å². The van der Waals surface area contributed by atoms with E-state index in [0.29, 0.717) is 41.8 Å². The number of ether oxygens (including phenoxy) is 1. The zero-order chi connectivity index (χ0) is 27.0. The van der Waals surface area contributed by atoms with Crippen LogP contribution in [-0.4, -0.2) is 54.7 Å². The van der Waals surface area contributed by atoms with E-state index in [0.717, 1.165) is 34.5 Å². The Bertz CT molecular complexity index is 1490. The van der Waals surface area contributed by atoms with E-state index in [-0.39, 0.29) is 6.09 Å². The molecule has 0 radical (unpaired) electrons. The standard InChI is InChI=1S/C28H32N6O3S/c1-28(2,3)37-27(35)33-10-9-19(16-33)24-8-7-22(12-20(24)17-38(4)36)31-25-13-23(11-18-5-6-18)34-26(32-25)21(14-29)15-30-34/h7-9,12-13,15,18H,5-6,10-11,16-17H2,1-4H3,(H,31,32). The van der Waals surface area contributed by atoms with Gasteiger partial charge in [-0.05, 0) is 74.8 Å². The third-order valence-electron chi connectivity index (χ3n) is 6.51. The zero-order valence-corrected chi connectivity index (χ0v) is 23.0. The Labute approximate surface area is 225 Å². The molecule has 10 heteroatoms. The van der Waals surface area contributed by atoms with Gasteiger partial charge in [-0.2, -0.15) is 10.4 Å². The van der Waals surface area contributed by atoms with Crippen molar-refractivity contribution in [3.05, 3.63) is 58.9 Å². The van der Waals surface area contributed by atoms with E-state index in [1.54, 1.807) is 21.9 Å². The summed E-state index contributed by atoms with van der Waals surface area (Å²) >= 11 is 0. The van der Waals surface area contributed by atoms with E-state index in [2.05, 4.69) is 21.5 Å². The minimum Gasteiger partial charge on any atom is -0.444 e. The highest BCUT2D eigenvalue weighted by atomic mass is 32.2. The molecule has 2 aliphatic rings. The first-order valence-electron chi connectivity index (χ1n) is 12.7. The Morgan fingerprint density at radius 2 is 2.08 bits per heavy atom. The first-order chi connectivity index (χ1) is 18.1. The van der Waals surface area contributed by atoms with Gasteiger partial charge in [0, 0.05) is 53.3 Å². The summed E-state index contributed by atoms with van der Waals surface area (Å²) in [6.45, 7) is 6.47. The van der Waals surface area contributed by atoms with Gasteiger partial charge >= 0.3 is 6.09 Å². The van der Waals surface area contributed by atoms with Crippen molar-refractivity contribution in [3.8, 4) is 6.07 Å². The average Bonchev–Trinajstić information content (AvgIpc) is 3.34. The Balaban J connectivity index is 1.41. The number of benzene rings is 1. The summed E-state index contributed by atoms with van der Waals surface area (Å²) in [5.74, 6) is 1.67. The van der Waals surface area contributed by atoms with Gasteiger partial charge in [-0.1, -0.05) is 12.1 Å². The molecule has 1 aliphatic heterocycles. The maximum absolute atomic E-state index is 12.6. The first kappa shape index (κ1) is 25.9. The summed E-state index contributed by atoms with van der Waals surface area (Å²) in [4.78, 5) is 18.9. The van der Waals surface area contributed by atoms with Crippen molar-refractivity contribution >= 4 is 39.6 Å². The van der Waals surface area contributed by atoms with E-state index >= 15 is 0 Å². The number of carbonyl (C=O) groups is 1. The number of nitrogens with zero attached hydrogens (tertiary/aromatic N) is 5. The second-order valence-electron chi connectivity index (χ2n) is 11.0. The summed E-state index contributed by atoms with van der Waals surface area (Å²) in [5, 5.41) is 17.3. The predicted molar refractivity (Wildman–Crippen MR) is 147 cm³/mol. The fraction of sp³-hybridized carbons (Fsp3) is 0.429. The number of fused-ring (bicyclic) bond motifs is 1. The number of nitriles is 1. The number of amides is 1. The van der Waals surface area contributed by atoms with Crippen molar-refractivity contribution in [2.24, 2.45) is 5.92 Å². The van der Waals surface area contributed by atoms with E-state index in [1.165, 1.54) is 12.8 Å². The molecule has 0 bridgehead atoms. The van der Waals surface area contributed by atoms with Gasteiger partial charge in [-0.25, -0.2) is 14.3 Å². The van der Waals surface area contributed by atoms with Crippen LogP contribution in [0.4, 0.5) is 16.3 Å². The molecule has 1 atom stereocenters. The zero-order valence-electron chi connectivity index (χ0n) is 22.2. The Kier molecular flexibility index (Phi) is 6.97. The quantitative estimate of drug-likeness (QED) is 0.465. The summed E-state index contributed by atoms with van der Waals surface area (Å²) < 4.78 is 19.5. The molecule has 3 aromatic rings. The van der Waals surface area contributed by atoms with Gasteiger partial charge in [-0.15, -0.1) is 0 Å². The molecule has 1 unspecified atom stereocenters. The van der Waals surface area contributed by atoms with Crippen molar-refractivity contribution in [1.29, 1.82) is 5.26 Å². The van der Waals surface area contributed by atoms with Crippen LogP contribution in [0.1, 0.15) is 56.0 Å². The lowest BCUT2D eigenvalue weighted by molar-refractivity contribution is 0.0306. The van der Waals surface area contributed by atoms with Crippen LogP contribution in [-0.2, 0) is 27.7 Å². The molecule has 1 saturated carbocycles. The van der Waals surface area contributed by atoms with Crippen molar-refractivity contribution in [2.45, 2.75) is 51.4 Å². The molecule has 1 aliphatic carbocycles. The van der Waals surface area contributed by atoms with Crippen LogP contribution < -0.4 is 5.32 Å². The van der Waals surface area contributed by atoms with E-state index < -0.39 is 16.4 Å². The predicted octanol–water partition coefficient (Wildman–Crippen LogP) is 4.81. The number of hydrogen-bond acceptors (Lipinski definition) is 7. The van der Waals surface area contributed by atoms with Gasteiger partial charge in [0.2, 0.25) is 0 Å². The van der Waals surface area contributed by atoms with Gasteiger partial charge in [0.15, 0.2) is 5.65 Å². The summed E-state index contributed by atoms with van der Waals surface area (Å²) in [5.41, 5.74) is 5.15. The lowest BCUT2D eigenvalue weighted by Gasteiger charge is -2.24. The number of nitrogens with one attached hydrogen (secondary N) is 1. The Morgan fingerprint density at radius 1 is 1.29 bits per heavy atom. The number of anilines is 2. The minimum absolute atomic E-state index is 0.345. The van der Waals surface area contributed by atoms with Gasteiger partial charge in [-0.3, -0.25) is 4.21 Å². The van der Waals surface area contributed by atoms with Gasteiger partial charge in [0.05, 0.1) is 6.20 Å². The monoisotopic (exact) mass is 532 g/mol. The van der Waals surface area contributed by atoms with E-state index in [9.17, 15) is 14.3 Å². The molecule has 1 amide bonds. The molecular formula is C28H32N6O3S. The lowest BCUT2D eigenvalue weighted by Crippen LogP contribution is -2.35. The molecule has 2 aromatic heterocycles. The second kappa shape index (κ2) is 10.2. The third kappa shape index (κ3) is 5.89. The molecule has 3 heterocycles. The van der Waals surface area contributed by atoms with Crippen LogP contribution in [0.3, 0.4) is 0 Å². The second-order valence-corrected chi connectivity index (χ2v) is 12.4. The molecule has 9 nitrogen and oxygen atoms in total. The van der Waals surface area contributed by atoms with Crippen molar-refractivity contribution in [3.63, 3.8) is 0 Å². The van der Waals surface area contributed by atoms with Gasteiger partial charge < -0.3 is 15.0 Å². The average molecular weight is 533 g/mol. The topological polar surface area (TPSA) is 113 Å². The first-order valence-corrected chi connectivity index (χ1v) is 14.5. The molecule has 38 heavy (non-hydrogen) atoms. The van der Waals surface area contributed by atoms with Crippen molar-refractivity contribution in [2.75, 3.05) is 24.7 Å². The highest BCUT2D eigenvalue weighted by Gasteiger charge is 2.27. The minimum atomic E-state index is -1.06. The molecule has 0 saturated heterocycles. The largest absolute Gasteiger partial charge is 0.444 e. The van der Waals surface area contributed by atoms with Crippen LogP contribution in [0.5, 0.6) is 0 Å². The summed E-state index contributed by atoms with van der Waals surface area (Å²) in [6, 6.07) is 10.1. The number of aromatic nitrogens is 3. The molecule has 1 aromatic carbocycles. The van der Waals surface area contributed by atoms with Crippen LogP contribution in [0.15, 0.2) is 36.5 Å². The molecule has 1 fully saturated rings. The Hall–Kier alpha value is -3.71. The van der Waals surface area contributed by atoms with Crippen LogP contribution in [0.25, 0.3) is 11.2 Å². The Morgan fingerprint density at radius 3 is 2.76 bits per heavy atom. The lowest BCUT2D eigenvalue weighted by atomic mass is 10.0. The van der Waals surface area contributed by atoms with Gasteiger partial charge in [0.1, 0.15) is 23.1 Å². The third-order valence-corrected chi connectivity index (χ3v) is 7.23. The normalized spacial score (nSPS) is 16.3. The molecule has 5 rings (SSSR count). The highest BCUT2D eigenvalue weighted by molar-refractivity contribution is 7.83. The van der Waals surface area contributed by atoms with Crippen LogP contribution in [0, 0.1) is 17.2 Å². The van der Waals surface area contributed by atoms with Crippen molar-refractivity contribution in [1.82, 2.24) is 19.5 Å². The van der Waals surface area contributed by atoms with Gasteiger partial charge in [0.25, 0.3) is 0 Å². The van der Waals surface area contributed by atoms with Crippen LogP contribution in [0.2, 0.25) is 0 Å². The molecular weight excluding hydrogens is 500 g/mol. The molecule has 1 N–H and O–H groups in total. The van der Waals surface area contributed by atoms with E-state index in [1.807, 2.05) is 51.1 Å². The SMILES string of the molecule is CS(=O)Cc1cc(Nc2cc(CC3CC3)n3ncc(C#N)c3n2)ccc1C1=CCN(C(=O)OC(C)(C)C)C1. The molecule has 0 spiro atoms. The maximum Gasteiger partial charge on any atom is 0.410 e. The maximum atomic E-state index is 12.6. The number of carbonyl (C=O) groups excluding carboxylic acids is 1. The fourth-order valence-electron chi connectivity index (χ4n) is 4.62. The smallest absolute Gasteiger partial charge is 0.410 e. The van der Waals surface area contributed by atoms with E-state index in [4.69, 9.17) is 4.74 Å². The molecule has 198 valence electrons. The van der Waals surface area contributed by atoms with Crippen molar-refractivity contribution < 1.29 is 13.7 Å². The number of hydrogen-bond donors (Lipinski definition) is 1. The highest BCUT2D eigenvalue weighted by Crippen LogP contribution is 2.34.